The Morgan fingerprint density at radius 1 is 1.15 bits per heavy atom. The molecule has 0 saturated carbocycles. The number of benzene rings is 2. The minimum Gasteiger partial charge on any atom is -0.497 e. The van der Waals surface area contributed by atoms with Crippen LogP contribution >= 0.6 is 11.6 Å². The van der Waals surface area contributed by atoms with Gasteiger partial charge in [-0.15, -0.1) is 0 Å². The zero-order valence-corrected chi connectivity index (χ0v) is 16.8. The Morgan fingerprint density at radius 3 is 2.56 bits per heavy atom. The zero-order chi connectivity index (χ0) is 19.4. The van der Waals surface area contributed by atoms with Crippen molar-refractivity contribution in [2.75, 3.05) is 50.1 Å². The first kappa shape index (κ1) is 19.5. The number of carbonyl (C=O) groups is 1. The second-order valence-corrected chi connectivity index (χ2v) is 7.36. The molecule has 2 aromatic rings. The van der Waals surface area contributed by atoms with Gasteiger partial charge in [0.25, 0.3) is 0 Å². The summed E-state index contributed by atoms with van der Waals surface area (Å²) in [4.78, 5) is 17.0. The molecule has 6 heteroatoms. The van der Waals surface area contributed by atoms with Crippen molar-refractivity contribution in [2.24, 2.45) is 0 Å². The first-order valence-electron chi connectivity index (χ1n) is 9.14. The maximum atomic E-state index is 12.5. The number of methoxy groups -OCH3 is 1. The third kappa shape index (κ3) is 4.93. The molecule has 1 saturated heterocycles. The number of piperazine rings is 1. The fraction of sp³-hybridized carbons (Fsp3) is 0.381. The monoisotopic (exact) mass is 387 g/mol. The lowest BCUT2D eigenvalue weighted by Crippen LogP contribution is -2.48. The number of rotatable bonds is 5. The van der Waals surface area contributed by atoms with Gasteiger partial charge in [-0.2, -0.15) is 0 Å². The van der Waals surface area contributed by atoms with E-state index < -0.39 is 0 Å². The van der Waals surface area contributed by atoms with Gasteiger partial charge in [-0.3, -0.25) is 9.69 Å². The largest absolute Gasteiger partial charge is 0.497 e. The van der Waals surface area contributed by atoms with Crippen molar-refractivity contribution in [1.29, 1.82) is 0 Å². The fourth-order valence-electron chi connectivity index (χ4n) is 3.43. The van der Waals surface area contributed by atoms with Gasteiger partial charge < -0.3 is 15.0 Å². The second kappa shape index (κ2) is 8.63. The SMILES string of the molecule is COc1cccc(N2CCN(CC(=O)Nc3c(C)cc(C)cc3Cl)CC2)c1. The molecule has 0 unspecified atom stereocenters. The minimum atomic E-state index is -0.0290. The third-order valence-electron chi connectivity index (χ3n) is 4.85. The standard InChI is InChI=1S/C21H26ClN3O2/c1-15-11-16(2)21(19(22)12-15)23-20(26)14-24-7-9-25(10-8-24)17-5-4-6-18(13-17)27-3/h4-6,11-13H,7-10,14H2,1-3H3,(H,23,26). The lowest BCUT2D eigenvalue weighted by molar-refractivity contribution is -0.117. The Hall–Kier alpha value is -2.24. The summed E-state index contributed by atoms with van der Waals surface area (Å²) in [5.74, 6) is 0.832. The molecule has 1 heterocycles. The second-order valence-electron chi connectivity index (χ2n) is 6.95. The first-order chi connectivity index (χ1) is 13.0. The lowest BCUT2D eigenvalue weighted by Gasteiger charge is -2.35. The molecule has 0 bridgehead atoms. The van der Waals surface area contributed by atoms with Crippen LogP contribution in [0.5, 0.6) is 5.75 Å². The van der Waals surface area contributed by atoms with Gasteiger partial charge in [0, 0.05) is 37.9 Å². The molecule has 1 amide bonds. The number of aryl methyl sites for hydroxylation is 2. The van der Waals surface area contributed by atoms with Gasteiger partial charge in [0.1, 0.15) is 5.75 Å². The number of amides is 1. The van der Waals surface area contributed by atoms with Crippen LogP contribution in [0.3, 0.4) is 0 Å². The Kier molecular flexibility index (Phi) is 6.24. The molecule has 1 fully saturated rings. The van der Waals surface area contributed by atoms with Gasteiger partial charge in [0.2, 0.25) is 5.91 Å². The van der Waals surface area contributed by atoms with Gasteiger partial charge in [0.15, 0.2) is 0 Å². The topological polar surface area (TPSA) is 44.8 Å². The van der Waals surface area contributed by atoms with E-state index in [0.29, 0.717) is 17.3 Å². The predicted octanol–water partition coefficient (Wildman–Crippen LogP) is 3.73. The van der Waals surface area contributed by atoms with Crippen molar-refractivity contribution in [3.8, 4) is 5.75 Å². The maximum absolute atomic E-state index is 12.5. The van der Waals surface area contributed by atoms with Crippen LogP contribution < -0.4 is 15.0 Å². The molecular formula is C21H26ClN3O2. The maximum Gasteiger partial charge on any atom is 0.238 e. The van der Waals surface area contributed by atoms with E-state index in [1.807, 2.05) is 44.2 Å². The van der Waals surface area contributed by atoms with Gasteiger partial charge >= 0.3 is 0 Å². The van der Waals surface area contributed by atoms with Crippen LogP contribution in [-0.2, 0) is 4.79 Å². The zero-order valence-electron chi connectivity index (χ0n) is 16.1. The number of hydrogen-bond acceptors (Lipinski definition) is 4. The first-order valence-corrected chi connectivity index (χ1v) is 9.52. The van der Waals surface area contributed by atoms with Gasteiger partial charge in [-0.1, -0.05) is 23.7 Å². The number of nitrogens with one attached hydrogen (secondary N) is 1. The number of ether oxygens (including phenoxy) is 1. The minimum absolute atomic E-state index is 0.0290. The molecule has 0 radical (unpaired) electrons. The smallest absolute Gasteiger partial charge is 0.238 e. The summed E-state index contributed by atoms with van der Waals surface area (Å²) in [5, 5.41) is 3.56. The van der Waals surface area contributed by atoms with Gasteiger partial charge in [-0.25, -0.2) is 0 Å². The lowest BCUT2D eigenvalue weighted by atomic mass is 10.1. The molecule has 2 aromatic carbocycles. The van der Waals surface area contributed by atoms with Crippen LogP contribution in [-0.4, -0.2) is 50.6 Å². The molecular weight excluding hydrogens is 362 g/mol. The highest BCUT2D eigenvalue weighted by Crippen LogP contribution is 2.27. The summed E-state index contributed by atoms with van der Waals surface area (Å²) in [5.41, 5.74) is 3.93. The van der Waals surface area contributed by atoms with E-state index in [1.165, 1.54) is 0 Å². The Balaban J connectivity index is 1.54. The summed E-state index contributed by atoms with van der Waals surface area (Å²) >= 11 is 6.29. The number of anilines is 2. The van der Waals surface area contributed by atoms with Crippen molar-refractivity contribution in [3.05, 3.63) is 52.5 Å². The van der Waals surface area contributed by atoms with Crippen LogP contribution in [0.15, 0.2) is 36.4 Å². The predicted molar refractivity (Wildman–Crippen MR) is 111 cm³/mol. The molecule has 0 spiro atoms. The molecule has 1 aliphatic heterocycles. The van der Waals surface area contributed by atoms with Crippen LogP contribution in [0.2, 0.25) is 5.02 Å². The van der Waals surface area contributed by atoms with Crippen molar-refractivity contribution < 1.29 is 9.53 Å². The Morgan fingerprint density at radius 2 is 1.89 bits per heavy atom. The van der Waals surface area contributed by atoms with E-state index in [9.17, 15) is 4.79 Å². The normalized spacial score (nSPS) is 14.9. The van der Waals surface area contributed by atoms with Crippen molar-refractivity contribution in [1.82, 2.24) is 4.90 Å². The molecule has 0 aromatic heterocycles. The number of hydrogen-bond donors (Lipinski definition) is 1. The van der Waals surface area contributed by atoms with Crippen LogP contribution in [0.4, 0.5) is 11.4 Å². The molecule has 3 rings (SSSR count). The van der Waals surface area contributed by atoms with Gasteiger partial charge in [-0.05, 0) is 43.2 Å². The molecule has 27 heavy (non-hydrogen) atoms. The summed E-state index contributed by atoms with van der Waals surface area (Å²) in [6.45, 7) is 7.76. The highest BCUT2D eigenvalue weighted by Gasteiger charge is 2.20. The Bertz CT molecular complexity index is 794. The molecule has 144 valence electrons. The third-order valence-corrected chi connectivity index (χ3v) is 5.15. The number of carbonyl (C=O) groups excluding carboxylic acids is 1. The summed E-state index contributed by atoms with van der Waals surface area (Å²) in [7, 11) is 1.68. The van der Waals surface area contributed by atoms with Crippen LogP contribution in [0, 0.1) is 13.8 Å². The van der Waals surface area contributed by atoms with Crippen LogP contribution in [0.1, 0.15) is 11.1 Å². The molecule has 5 nitrogen and oxygen atoms in total. The van der Waals surface area contributed by atoms with Crippen molar-refractivity contribution in [2.45, 2.75) is 13.8 Å². The molecule has 1 aliphatic rings. The average Bonchev–Trinajstić information content (AvgIpc) is 2.65. The van der Waals surface area contributed by atoms with E-state index in [1.54, 1.807) is 7.11 Å². The van der Waals surface area contributed by atoms with Crippen molar-refractivity contribution >= 4 is 28.9 Å². The van der Waals surface area contributed by atoms with E-state index in [-0.39, 0.29) is 5.91 Å². The van der Waals surface area contributed by atoms with E-state index in [0.717, 1.165) is 48.7 Å². The van der Waals surface area contributed by atoms with Crippen molar-refractivity contribution in [3.63, 3.8) is 0 Å². The Labute approximate surface area is 165 Å². The highest BCUT2D eigenvalue weighted by molar-refractivity contribution is 6.34. The van der Waals surface area contributed by atoms with Crippen LogP contribution in [0.25, 0.3) is 0 Å². The summed E-state index contributed by atoms with van der Waals surface area (Å²) < 4.78 is 5.30. The number of halogens is 1. The van der Waals surface area contributed by atoms with E-state index >= 15 is 0 Å². The fourth-order valence-corrected chi connectivity index (χ4v) is 3.80. The highest BCUT2D eigenvalue weighted by atomic mass is 35.5. The quantitative estimate of drug-likeness (QED) is 0.849. The summed E-state index contributed by atoms with van der Waals surface area (Å²) in [6.07, 6.45) is 0. The van der Waals surface area contributed by atoms with Gasteiger partial charge in [0.05, 0.1) is 24.4 Å². The number of nitrogens with zero attached hydrogens (tertiary/aromatic N) is 2. The summed E-state index contributed by atoms with van der Waals surface area (Å²) in [6, 6.07) is 12.0. The molecule has 0 atom stereocenters. The average molecular weight is 388 g/mol. The van der Waals surface area contributed by atoms with E-state index in [2.05, 4.69) is 21.2 Å². The molecule has 0 aliphatic carbocycles. The van der Waals surface area contributed by atoms with E-state index in [4.69, 9.17) is 16.3 Å². The molecule has 1 N–H and O–H groups in total.